The van der Waals surface area contributed by atoms with Crippen molar-refractivity contribution in [3.8, 4) is 0 Å². The first-order valence-corrected chi connectivity index (χ1v) is 5.84. The van der Waals surface area contributed by atoms with E-state index in [-0.39, 0.29) is 6.61 Å². The average molecular weight is 271 g/mol. The average Bonchev–Trinajstić information content (AvgIpc) is 2.16. The second-order valence-electron chi connectivity index (χ2n) is 3.23. The van der Waals surface area contributed by atoms with Gasteiger partial charge < -0.3 is 5.11 Å². The molecule has 84 valence electrons. The highest BCUT2D eigenvalue weighted by atomic mass is 79.9. The Morgan fingerprint density at radius 2 is 1.93 bits per heavy atom. The van der Waals surface area contributed by atoms with Gasteiger partial charge in [0.1, 0.15) is 0 Å². The Labute approximate surface area is 101 Å². The summed E-state index contributed by atoms with van der Waals surface area (Å²) in [6, 6.07) is 0. The fourth-order valence-corrected chi connectivity index (χ4v) is 1.55. The van der Waals surface area contributed by atoms with Crippen LogP contribution in [0.5, 0.6) is 0 Å². The van der Waals surface area contributed by atoms with E-state index in [9.17, 15) is 0 Å². The summed E-state index contributed by atoms with van der Waals surface area (Å²) >= 11 is 3.42. The lowest BCUT2D eigenvalue weighted by Gasteiger charge is -2.03. The zero-order valence-corrected chi connectivity index (χ0v) is 11.2. The highest BCUT2D eigenvalue weighted by molar-refractivity contribution is 9.11. The van der Waals surface area contributed by atoms with E-state index < -0.39 is 0 Å². The fourth-order valence-electron chi connectivity index (χ4n) is 1.26. The van der Waals surface area contributed by atoms with Crippen molar-refractivity contribution in [1.29, 1.82) is 0 Å². The van der Waals surface area contributed by atoms with Crippen molar-refractivity contribution < 1.29 is 5.11 Å². The van der Waals surface area contributed by atoms with Gasteiger partial charge in [-0.15, -0.1) is 0 Å². The molecule has 0 aliphatic rings. The smallest absolute Gasteiger partial charge is 0.0618 e. The van der Waals surface area contributed by atoms with Crippen LogP contribution in [0.25, 0.3) is 0 Å². The molecule has 0 spiro atoms. The molecule has 0 fully saturated rings. The van der Waals surface area contributed by atoms with Gasteiger partial charge in [-0.05, 0) is 48.9 Å². The molecular weight excluding hydrogens is 252 g/mol. The van der Waals surface area contributed by atoms with Gasteiger partial charge >= 0.3 is 0 Å². The van der Waals surface area contributed by atoms with Gasteiger partial charge in [-0.3, -0.25) is 0 Å². The van der Waals surface area contributed by atoms with Crippen LogP contribution < -0.4 is 0 Å². The summed E-state index contributed by atoms with van der Waals surface area (Å²) in [5.41, 5.74) is 2.38. The van der Waals surface area contributed by atoms with E-state index in [1.807, 2.05) is 39.0 Å². The van der Waals surface area contributed by atoms with Crippen LogP contribution in [-0.4, -0.2) is 11.7 Å². The summed E-state index contributed by atoms with van der Waals surface area (Å²) in [4.78, 5) is 0. The first-order chi connectivity index (χ1) is 7.13. The predicted octanol–water partition coefficient (Wildman–Crippen LogP) is 4.12. The molecule has 0 atom stereocenters. The maximum absolute atomic E-state index is 8.88. The Bertz CT molecular complexity index is 292. The molecule has 0 aromatic carbocycles. The molecule has 0 aliphatic heterocycles. The first-order valence-electron chi connectivity index (χ1n) is 5.05. The van der Waals surface area contributed by atoms with Gasteiger partial charge in [-0.25, -0.2) is 0 Å². The van der Waals surface area contributed by atoms with Crippen molar-refractivity contribution in [3.63, 3.8) is 0 Å². The van der Waals surface area contributed by atoms with Gasteiger partial charge in [-0.1, -0.05) is 40.2 Å². The van der Waals surface area contributed by atoms with Crippen LogP contribution in [0.4, 0.5) is 0 Å². The molecule has 0 saturated carbocycles. The van der Waals surface area contributed by atoms with Gasteiger partial charge in [0.15, 0.2) is 0 Å². The Kier molecular flexibility index (Phi) is 8.34. The zero-order valence-electron chi connectivity index (χ0n) is 9.63. The predicted molar refractivity (Wildman–Crippen MR) is 71.0 cm³/mol. The minimum absolute atomic E-state index is 0.0909. The van der Waals surface area contributed by atoms with E-state index in [2.05, 4.69) is 28.1 Å². The van der Waals surface area contributed by atoms with Crippen molar-refractivity contribution in [1.82, 2.24) is 0 Å². The molecule has 0 unspecified atom stereocenters. The molecule has 1 N–H and O–H groups in total. The standard InChI is InChI=1S/C13H19BrO/c1-4-6-13(7-8-15)10-12(5-2)9-11(3)14/h4-7,9,15H,8,10H2,1-3H3/b6-4-,11-9+,12-5+,13-7+. The molecule has 2 heteroatoms. The maximum atomic E-state index is 8.88. The summed E-state index contributed by atoms with van der Waals surface area (Å²) in [6.07, 6.45) is 10.9. The van der Waals surface area contributed by atoms with E-state index >= 15 is 0 Å². The molecule has 0 saturated heterocycles. The molecule has 0 amide bonds. The van der Waals surface area contributed by atoms with Crippen LogP contribution >= 0.6 is 15.9 Å². The number of allylic oxidation sites excluding steroid dienone is 7. The molecule has 0 aromatic heterocycles. The largest absolute Gasteiger partial charge is 0.392 e. The van der Waals surface area contributed by atoms with Gasteiger partial charge in [0.2, 0.25) is 0 Å². The van der Waals surface area contributed by atoms with Crippen LogP contribution in [0, 0.1) is 0 Å². The van der Waals surface area contributed by atoms with Crippen LogP contribution in [0.2, 0.25) is 0 Å². The highest BCUT2D eigenvalue weighted by Crippen LogP contribution is 2.17. The van der Waals surface area contributed by atoms with Crippen molar-refractivity contribution in [2.24, 2.45) is 0 Å². The van der Waals surface area contributed by atoms with Gasteiger partial charge in [0, 0.05) is 0 Å². The van der Waals surface area contributed by atoms with E-state index in [4.69, 9.17) is 5.11 Å². The molecule has 0 heterocycles. The number of rotatable bonds is 5. The Hall–Kier alpha value is -0.600. The molecule has 0 rings (SSSR count). The molecule has 0 aliphatic carbocycles. The third kappa shape index (κ3) is 7.34. The number of aliphatic hydroxyl groups is 1. The summed E-state index contributed by atoms with van der Waals surface area (Å²) in [7, 11) is 0. The van der Waals surface area contributed by atoms with E-state index in [0.29, 0.717) is 0 Å². The summed E-state index contributed by atoms with van der Waals surface area (Å²) in [5, 5.41) is 8.88. The molecule has 0 bridgehead atoms. The van der Waals surface area contributed by atoms with Crippen LogP contribution in [0.1, 0.15) is 27.2 Å². The molecular formula is C13H19BrO. The molecule has 0 radical (unpaired) electrons. The minimum atomic E-state index is 0.0909. The third-order valence-corrected chi connectivity index (χ3v) is 2.13. The lowest BCUT2D eigenvalue weighted by molar-refractivity contribution is 0.342. The third-order valence-electron chi connectivity index (χ3n) is 1.90. The summed E-state index contributed by atoms with van der Waals surface area (Å²) in [6.45, 7) is 6.10. The van der Waals surface area contributed by atoms with Crippen molar-refractivity contribution in [2.75, 3.05) is 6.61 Å². The number of halogens is 1. The normalized spacial score (nSPS) is 15.1. The summed E-state index contributed by atoms with van der Waals surface area (Å²) in [5.74, 6) is 0. The van der Waals surface area contributed by atoms with E-state index in [1.54, 1.807) is 0 Å². The van der Waals surface area contributed by atoms with Gasteiger partial charge in [0.05, 0.1) is 6.61 Å². The second-order valence-corrected chi connectivity index (χ2v) is 4.48. The molecule has 1 nitrogen and oxygen atoms in total. The maximum Gasteiger partial charge on any atom is 0.0618 e. The van der Waals surface area contributed by atoms with Crippen molar-refractivity contribution in [2.45, 2.75) is 27.2 Å². The van der Waals surface area contributed by atoms with Crippen molar-refractivity contribution in [3.05, 3.63) is 46.0 Å². The number of hydrogen-bond donors (Lipinski definition) is 1. The fraction of sp³-hybridized carbons (Fsp3) is 0.385. The van der Waals surface area contributed by atoms with E-state index in [0.717, 1.165) is 16.5 Å². The highest BCUT2D eigenvalue weighted by Gasteiger charge is 1.96. The van der Waals surface area contributed by atoms with Crippen LogP contribution in [-0.2, 0) is 0 Å². The van der Waals surface area contributed by atoms with Gasteiger partial charge in [-0.2, -0.15) is 0 Å². The lowest BCUT2D eigenvalue weighted by atomic mass is 10.0. The second kappa shape index (κ2) is 8.69. The summed E-state index contributed by atoms with van der Waals surface area (Å²) < 4.78 is 1.11. The Morgan fingerprint density at radius 3 is 2.33 bits per heavy atom. The minimum Gasteiger partial charge on any atom is -0.392 e. The number of aliphatic hydroxyl groups excluding tert-OH is 1. The molecule has 15 heavy (non-hydrogen) atoms. The first kappa shape index (κ1) is 14.4. The Balaban J connectivity index is 4.66. The molecule has 0 aromatic rings. The number of hydrogen-bond acceptors (Lipinski definition) is 1. The van der Waals surface area contributed by atoms with Crippen LogP contribution in [0.15, 0.2) is 46.0 Å². The lowest BCUT2D eigenvalue weighted by Crippen LogP contribution is -1.86. The Morgan fingerprint density at radius 1 is 1.27 bits per heavy atom. The quantitative estimate of drug-likeness (QED) is 0.746. The topological polar surface area (TPSA) is 20.2 Å². The van der Waals surface area contributed by atoms with Gasteiger partial charge in [0.25, 0.3) is 0 Å². The SMILES string of the molecule is C/C=C\C(=C/CO)CC(=C/C)/C=C(\C)Br. The van der Waals surface area contributed by atoms with Crippen molar-refractivity contribution >= 4 is 15.9 Å². The zero-order chi connectivity index (χ0) is 11.7. The monoisotopic (exact) mass is 270 g/mol. The van der Waals surface area contributed by atoms with E-state index in [1.165, 1.54) is 5.57 Å². The van der Waals surface area contributed by atoms with Crippen LogP contribution in [0.3, 0.4) is 0 Å².